The van der Waals surface area contributed by atoms with Crippen molar-refractivity contribution in [1.29, 1.82) is 0 Å². The monoisotopic (exact) mass is 959 g/mol. The molecule has 0 spiro atoms. The molecule has 364 valence electrons. The third-order valence-corrected chi connectivity index (χ3v) is 16.3. The van der Waals surface area contributed by atoms with E-state index in [-0.39, 0.29) is 21.7 Å². The first kappa shape index (κ1) is 47.1. The summed E-state index contributed by atoms with van der Waals surface area (Å²) in [7, 11) is 0. The maximum atomic E-state index is 2.44. The van der Waals surface area contributed by atoms with E-state index in [0.717, 1.165) is 34.1 Å². The molecule has 2 aliphatic carbocycles. The quantitative estimate of drug-likeness (QED) is 0.140. The van der Waals surface area contributed by atoms with E-state index in [9.17, 15) is 0 Å². The number of fused-ring (bicyclic) bond motifs is 8. The van der Waals surface area contributed by atoms with Crippen LogP contribution in [0.25, 0.3) is 56.0 Å². The first-order chi connectivity index (χ1) is 35.4. The highest BCUT2D eigenvalue weighted by Crippen LogP contribution is 2.53. The summed E-state index contributed by atoms with van der Waals surface area (Å²) in [4.78, 5) is 4.85. The minimum atomic E-state index is -0.197. The maximum absolute atomic E-state index is 2.44. The van der Waals surface area contributed by atoms with Gasteiger partial charge in [-0.1, -0.05) is 215 Å². The fraction of sp³-hybridized carbons (Fsp3) is 0.194. The van der Waals surface area contributed by atoms with Gasteiger partial charge in [-0.2, -0.15) is 0 Å². The van der Waals surface area contributed by atoms with Crippen molar-refractivity contribution in [1.82, 2.24) is 0 Å². The van der Waals surface area contributed by atoms with E-state index in [1.807, 2.05) is 0 Å². The number of hydrogen-bond donors (Lipinski definition) is 0. The first-order valence-corrected chi connectivity index (χ1v) is 26.5. The summed E-state index contributed by atoms with van der Waals surface area (Å²) in [5, 5.41) is 4.95. The third kappa shape index (κ3) is 8.13. The van der Waals surface area contributed by atoms with Crippen molar-refractivity contribution in [3.8, 4) is 22.3 Å². The van der Waals surface area contributed by atoms with Gasteiger partial charge in [0.1, 0.15) is 0 Å². The number of benzene rings is 10. The van der Waals surface area contributed by atoms with E-state index in [4.69, 9.17) is 0 Å². The van der Waals surface area contributed by atoms with Crippen molar-refractivity contribution in [3.63, 3.8) is 0 Å². The van der Waals surface area contributed by atoms with Crippen LogP contribution >= 0.6 is 0 Å². The molecule has 0 atom stereocenters. The molecule has 0 unspecified atom stereocenters. The van der Waals surface area contributed by atoms with E-state index in [1.54, 1.807) is 0 Å². The zero-order valence-corrected chi connectivity index (χ0v) is 44.7. The number of nitrogens with zero attached hydrogens (tertiary/aromatic N) is 2. The molecule has 2 nitrogen and oxygen atoms in total. The third-order valence-electron chi connectivity index (χ3n) is 16.3. The lowest BCUT2D eigenvalue weighted by atomic mass is 9.81. The van der Waals surface area contributed by atoms with Crippen LogP contribution in [-0.2, 0) is 21.7 Å². The van der Waals surface area contributed by atoms with Gasteiger partial charge in [-0.15, -0.1) is 0 Å². The Labute approximate surface area is 439 Å². The van der Waals surface area contributed by atoms with Crippen molar-refractivity contribution in [3.05, 3.63) is 251 Å². The lowest BCUT2D eigenvalue weighted by Gasteiger charge is -2.29. The van der Waals surface area contributed by atoms with Crippen LogP contribution in [0.4, 0.5) is 34.1 Å². The Morgan fingerprint density at radius 1 is 0.297 bits per heavy atom. The average Bonchev–Trinajstić information content (AvgIpc) is 3.77. The molecule has 0 fully saturated rings. The molecule has 12 rings (SSSR count). The van der Waals surface area contributed by atoms with E-state index in [0.29, 0.717) is 0 Å². The van der Waals surface area contributed by atoms with E-state index in [1.165, 1.54) is 88.3 Å². The summed E-state index contributed by atoms with van der Waals surface area (Å²) >= 11 is 0. The molecule has 0 saturated carbocycles. The second kappa shape index (κ2) is 17.3. The molecular formula is C72H66N2. The average molecular weight is 959 g/mol. The number of rotatable bonds is 8. The van der Waals surface area contributed by atoms with Gasteiger partial charge in [0, 0.05) is 45.0 Å². The fourth-order valence-corrected chi connectivity index (χ4v) is 11.9. The summed E-state index contributed by atoms with van der Waals surface area (Å²) in [5.74, 6) is 0. The smallest absolute Gasteiger partial charge is 0.0468 e. The van der Waals surface area contributed by atoms with Gasteiger partial charge in [-0.25, -0.2) is 0 Å². The SMILES string of the molecule is CC(C)(C)c1ccc(N(c2ccc3c(c2)C(C)(C)c2cc(/C=C/c4ccc5c(c4)C(C)(C)c4cc(N(c6ccc(C(C)(C)C)cc6)c6ccc7ccccc7c6)ccc4-5)ccc2-3)c2ccc3ccccc3c2)cc1. The Hall–Kier alpha value is -7.94. The van der Waals surface area contributed by atoms with E-state index >= 15 is 0 Å². The van der Waals surface area contributed by atoms with Crippen molar-refractivity contribution in [2.75, 3.05) is 9.80 Å². The number of hydrogen-bond acceptors (Lipinski definition) is 2. The van der Waals surface area contributed by atoms with E-state index in [2.05, 4.69) is 297 Å². The molecule has 2 aliphatic rings. The van der Waals surface area contributed by atoms with Crippen molar-refractivity contribution >= 4 is 67.8 Å². The van der Waals surface area contributed by atoms with Crippen LogP contribution in [0, 0.1) is 0 Å². The molecule has 10 aromatic rings. The molecule has 0 radical (unpaired) electrons. The van der Waals surface area contributed by atoms with Crippen LogP contribution in [0.5, 0.6) is 0 Å². The molecule has 2 heteroatoms. The van der Waals surface area contributed by atoms with Crippen LogP contribution < -0.4 is 9.80 Å². The second-order valence-electron chi connectivity index (χ2n) is 24.0. The molecule has 74 heavy (non-hydrogen) atoms. The fourth-order valence-electron chi connectivity index (χ4n) is 11.9. The molecule has 0 aromatic heterocycles. The molecule has 0 amide bonds. The van der Waals surface area contributed by atoms with Gasteiger partial charge in [0.15, 0.2) is 0 Å². The zero-order valence-electron chi connectivity index (χ0n) is 44.7. The minimum Gasteiger partial charge on any atom is -0.310 e. The standard InChI is InChI=1S/C72H66N2/c1-69(2,3)53-25-31-55(32-26-53)73(57-29-23-49-15-11-13-17-51(49)43-57)59-35-39-63-61-37-21-47(41-65(61)71(7,8)67(63)45-59)19-20-48-22-38-62-64-40-36-60(46-68(64)72(9,10)66(62)42-48)74(56-33-27-54(28-34-56)70(4,5)6)58-30-24-50-16-12-14-18-52(50)44-58/h11-46H,1-10H3/b20-19+. The van der Waals surface area contributed by atoms with Gasteiger partial charge < -0.3 is 9.80 Å². The Balaban J connectivity index is 0.842. The van der Waals surface area contributed by atoms with E-state index < -0.39 is 0 Å². The highest BCUT2D eigenvalue weighted by molar-refractivity contribution is 5.93. The summed E-state index contributed by atoms with van der Waals surface area (Å²) in [5.41, 5.74) is 22.4. The van der Waals surface area contributed by atoms with Crippen LogP contribution in [0.15, 0.2) is 206 Å². The van der Waals surface area contributed by atoms with Gasteiger partial charge in [0.2, 0.25) is 0 Å². The first-order valence-electron chi connectivity index (χ1n) is 26.5. The predicted octanol–water partition coefficient (Wildman–Crippen LogP) is 20.3. The summed E-state index contributed by atoms with van der Waals surface area (Å²) in [6, 6.07) is 77.6. The Bertz CT molecular complexity index is 3600. The molecule has 0 saturated heterocycles. The lowest BCUT2D eigenvalue weighted by molar-refractivity contribution is 0.590. The Kier molecular flexibility index (Phi) is 11.0. The van der Waals surface area contributed by atoms with Crippen LogP contribution in [0.3, 0.4) is 0 Å². The van der Waals surface area contributed by atoms with Gasteiger partial charge in [0.05, 0.1) is 0 Å². The molecule has 0 N–H and O–H groups in total. The van der Waals surface area contributed by atoms with Crippen LogP contribution in [-0.4, -0.2) is 0 Å². The largest absolute Gasteiger partial charge is 0.310 e. The minimum absolute atomic E-state index is 0.0730. The summed E-state index contributed by atoms with van der Waals surface area (Å²) < 4.78 is 0. The Morgan fingerprint density at radius 3 is 0.959 bits per heavy atom. The topological polar surface area (TPSA) is 6.48 Å². The Morgan fingerprint density at radius 2 is 0.595 bits per heavy atom. The van der Waals surface area contributed by atoms with Crippen molar-refractivity contribution < 1.29 is 0 Å². The number of anilines is 6. The second-order valence-corrected chi connectivity index (χ2v) is 24.0. The summed E-state index contributed by atoms with van der Waals surface area (Å²) in [6.07, 6.45) is 4.60. The summed E-state index contributed by atoms with van der Waals surface area (Å²) in [6.45, 7) is 23.2. The molecule has 0 bridgehead atoms. The van der Waals surface area contributed by atoms with Crippen molar-refractivity contribution in [2.24, 2.45) is 0 Å². The molecule has 0 heterocycles. The molecule has 0 aliphatic heterocycles. The highest BCUT2D eigenvalue weighted by atomic mass is 15.1. The van der Waals surface area contributed by atoms with Gasteiger partial charge >= 0.3 is 0 Å². The lowest BCUT2D eigenvalue weighted by Crippen LogP contribution is -2.17. The molecule has 10 aromatic carbocycles. The van der Waals surface area contributed by atoms with Crippen LogP contribution in [0.2, 0.25) is 0 Å². The van der Waals surface area contributed by atoms with Gasteiger partial charge in [0.25, 0.3) is 0 Å². The van der Waals surface area contributed by atoms with Crippen LogP contribution in [0.1, 0.15) is 114 Å². The normalized spacial score (nSPS) is 14.2. The predicted molar refractivity (Wildman–Crippen MR) is 319 cm³/mol. The van der Waals surface area contributed by atoms with Gasteiger partial charge in [-0.05, 0) is 172 Å². The highest BCUT2D eigenvalue weighted by Gasteiger charge is 2.38. The molecular weight excluding hydrogens is 893 g/mol. The zero-order chi connectivity index (χ0) is 51.3. The van der Waals surface area contributed by atoms with Gasteiger partial charge in [-0.3, -0.25) is 0 Å². The van der Waals surface area contributed by atoms with Crippen molar-refractivity contribution in [2.45, 2.75) is 90.9 Å². The maximum Gasteiger partial charge on any atom is 0.0468 e.